The lowest BCUT2D eigenvalue weighted by atomic mass is 9.84. The number of fused-ring (bicyclic) bond motifs is 2. The molecule has 1 fully saturated rings. The first-order valence-electron chi connectivity index (χ1n) is 9.36. The van der Waals surface area contributed by atoms with Crippen molar-refractivity contribution in [2.24, 2.45) is 11.8 Å². The Bertz CT molecular complexity index is 1080. The van der Waals surface area contributed by atoms with Gasteiger partial charge in [-0.1, -0.05) is 47.7 Å². The van der Waals surface area contributed by atoms with Crippen molar-refractivity contribution in [3.05, 3.63) is 79.2 Å². The van der Waals surface area contributed by atoms with Crippen molar-refractivity contribution in [1.29, 1.82) is 0 Å². The Balaban J connectivity index is 1.84. The van der Waals surface area contributed by atoms with Crippen molar-refractivity contribution in [1.82, 2.24) is 0 Å². The monoisotopic (exact) mass is 443 g/mol. The van der Waals surface area contributed by atoms with Crippen LogP contribution in [-0.2, 0) is 4.79 Å². The van der Waals surface area contributed by atoms with Crippen LogP contribution in [0.1, 0.15) is 30.4 Å². The average molecular weight is 444 g/mol. The lowest BCUT2D eigenvalue weighted by molar-refractivity contribution is -0.385. The van der Waals surface area contributed by atoms with Crippen LogP contribution < -0.4 is 0 Å². The highest BCUT2D eigenvalue weighted by atomic mass is 35.5. The van der Waals surface area contributed by atoms with Gasteiger partial charge in [0.1, 0.15) is 0 Å². The number of thiocarbonyl (C=S) groups is 1. The van der Waals surface area contributed by atoms with Crippen molar-refractivity contribution in [3.63, 3.8) is 0 Å². The molecule has 2 aromatic carbocycles. The fourth-order valence-corrected chi connectivity index (χ4v) is 6.10. The SMILES string of the molecule is Cc1ccc(C(=S)C2=C(Sc3cccc(Cl)c3)C3CCC(C3)C2=O)c([N+](=O)[O-])c1. The maximum absolute atomic E-state index is 13.3. The topological polar surface area (TPSA) is 60.2 Å². The normalized spacial score (nSPS) is 20.8. The number of carbonyl (C=O) groups excluding carboxylic acids is 1. The highest BCUT2D eigenvalue weighted by molar-refractivity contribution is 8.03. The second kappa shape index (κ2) is 8.01. The highest BCUT2D eigenvalue weighted by Crippen LogP contribution is 2.50. The van der Waals surface area contributed by atoms with Crippen LogP contribution in [0.5, 0.6) is 0 Å². The number of benzene rings is 2. The van der Waals surface area contributed by atoms with Gasteiger partial charge in [0.25, 0.3) is 5.69 Å². The number of nitro groups is 1. The van der Waals surface area contributed by atoms with Crippen molar-refractivity contribution in [3.8, 4) is 0 Å². The summed E-state index contributed by atoms with van der Waals surface area (Å²) in [5.74, 6) is 0.225. The van der Waals surface area contributed by atoms with Crippen molar-refractivity contribution < 1.29 is 9.72 Å². The van der Waals surface area contributed by atoms with Crippen LogP contribution in [0, 0.1) is 28.9 Å². The van der Waals surface area contributed by atoms with Crippen molar-refractivity contribution in [2.45, 2.75) is 31.1 Å². The summed E-state index contributed by atoms with van der Waals surface area (Å²) in [7, 11) is 0. The molecule has 0 N–H and O–H groups in total. The fraction of sp³-hybridized carbons (Fsp3) is 0.273. The molecule has 0 radical (unpaired) electrons. The average Bonchev–Trinajstić information content (AvgIpc) is 3.12. The first kappa shape index (κ1) is 20.3. The van der Waals surface area contributed by atoms with Crippen LogP contribution in [-0.4, -0.2) is 15.6 Å². The van der Waals surface area contributed by atoms with Crippen LogP contribution in [0.25, 0.3) is 0 Å². The van der Waals surface area contributed by atoms with E-state index in [1.54, 1.807) is 25.1 Å². The lowest BCUT2D eigenvalue weighted by Crippen LogP contribution is -2.26. The van der Waals surface area contributed by atoms with E-state index in [-0.39, 0.29) is 28.2 Å². The van der Waals surface area contributed by atoms with E-state index in [2.05, 4.69) is 0 Å². The summed E-state index contributed by atoms with van der Waals surface area (Å²) in [5, 5.41) is 12.2. The van der Waals surface area contributed by atoms with Crippen molar-refractivity contribution >= 4 is 51.9 Å². The second-order valence-corrected chi connectivity index (χ2v) is 9.44. The number of hydrogen-bond acceptors (Lipinski definition) is 5. The van der Waals surface area contributed by atoms with E-state index in [0.29, 0.717) is 16.2 Å². The first-order valence-corrected chi connectivity index (χ1v) is 11.0. The van der Waals surface area contributed by atoms with Gasteiger partial charge in [-0.2, -0.15) is 0 Å². The minimum absolute atomic E-state index is 0.0168. The van der Waals surface area contributed by atoms with Crippen LogP contribution in [0.4, 0.5) is 5.69 Å². The predicted octanol–water partition coefficient (Wildman–Crippen LogP) is 6.32. The summed E-state index contributed by atoms with van der Waals surface area (Å²) in [6.45, 7) is 1.80. The van der Waals surface area contributed by atoms with Gasteiger partial charge in [-0.3, -0.25) is 14.9 Å². The minimum Gasteiger partial charge on any atom is -0.294 e. The smallest absolute Gasteiger partial charge is 0.278 e. The number of nitro benzene ring substituents is 1. The summed E-state index contributed by atoms with van der Waals surface area (Å²) in [6, 6.07) is 12.4. The summed E-state index contributed by atoms with van der Waals surface area (Å²) in [6.07, 6.45) is 2.59. The third-order valence-electron chi connectivity index (χ3n) is 5.51. The quantitative estimate of drug-likeness (QED) is 0.234. The number of allylic oxidation sites excluding steroid dienone is 2. The van der Waals surface area contributed by atoms with E-state index in [1.807, 2.05) is 18.2 Å². The van der Waals surface area contributed by atoms with Gasteiger partial charge in [-0.15, -0.1) is 0 Å². The Kier molecular flexibility index (Phi) is 5.60. The maximum Gasteiger partial charge on any atom is 0.278 e. The maximum atomic E-state index is 13.3. The molecule has 7 heteroatoms. The number of thioether (sulfide) groups is 1. The van der Waals surface area contributed by atoms with Crippen LogP contribution in [0.2, 0.25) is 5.02 Å². The van der Waals surface area contributed by atoms with Gasteiger partial charge in [0.2, 0.25) is 0 Å². The number of hydrogen-bond donors (Lipinski definition) is 0. The fourth-order valence-electron chi connectivity index (χ4n) is 4.12. The zero-order chi connectivity index (χ0) is 20.7. The number of aryl methyl sites for hydroxylation is 1. The zero-order valence-electron chi connectivity index (χ0n) is 15.7. The van der Waals surface area contributed by atoms with Crippen molar-refractivity contribution in [2.75, 3.05) is 0 Å². The molecule has 2 aliphatic rings. The Hall–Kier alpha value is -2.02. The van der Waals surface area contributed by atoms with E-state index in [9.17, 15) is 14.9 Å². The lowest BCUT2D eigenvalue weighted by Gasteiger charge is -2.25. The molecule has 4 rings (SSSR count). The van der Waals surface area contributed by atoms with E-state index >= 15 is 0 Å². The highest BCUT2D eigenvalue weighted by Gasteiger charge is 2.43. The molecule has 29 heavy (non-hydrogen) atoms. The summed E-state index contributed by atoms with van der Waals surface area (Å²) in [4.78, 5) is 26.6. The first-order chi connectivity index (χ1) is 13.8. The number of rotatable bonds is 5. The Morgan fingerprint density at radius 2 is 1.97 bits per heavy atom. The van der Waals surface area contributed by atoms with Gasteiger partial charge >= 0.3 is 0 Å². The van der Waals surface area contributed by atoms with Gasteiger partial charge in [0.15, 0.2) is 5.78 Å². The van der Waals surface area contributed by atoms with E-state index in [4.69, 9.17) is 23.8 Å². The summed E-state index contributed by atoms with van der Waals surface area (Å²) >= 11 is 13.3. The van der Waals surface area contributed by atoms with Crippen LogP contribution >= 0.6 is 35.6 Å². The summed E-state index contributed by atoms with van der Waals surface area (Å²) in [5.41, 5.74) is 1.54. The molecule has 0 amide bonds. The molecular formula is C22H18ClNO3S2. The van der Waals surface area contributed by atoms with Gasteiger partial charge in [-0.05, 0) is 61.9 Å². The molecule has 0 spiro atoms. The number of halogens is 1. The van der Waals surface area contributed by atoms with Crippen LogP contribution in [0.15, 0.2) is 57.8 Å². The molecule has 0 aliphatic heterocycles. The third kappa shape index (κ3) is 3.89. The summed E-state index contributed by atoms with van der Waals surface area (Å²) < 4.78 is 0. The molecule has 2 bridgehead atoms. The third-order valence-corrected chi connectivity index (χ3v) is 7.42. The second-order valence-electron chi connectivity index (χ2n) is 7.48. The minimum atomic E-state index is -0.430. The standard InChI is InChI=1S/C22H18ClNO3S2/c1-12-5-8-17(18(9-12)24(26)27)21(28)19-20(25)13-6-7-14(10-13)22(19)29-16-4-2-3-15(23)11-16/h2-5,8-9,11,13-14H,6-7,10H2,1H3. The Morgan fingerprint density at radius 1 is 1.21 bits per heavy atom. The van der Waals surface area contributed by atoms with Gasteiger partial charge in [0, 0.05) is 32.4 Å². The number of nitrogens with zero attached hydrogens (tertiary/aromatic N) is 1. The number of carbonyl (C=O) groups is 1. The van der Waals surface area contributed by atoms with E-state index in [0.717, 1.165) is 34.6 Å². The predicted molar refractivity (Wildman–Crippen MR) is 120 cm³/mol. The molecule has 2 aromatic rings. The van der Waals surface area contributed by atoms with Gasteiger partial charge in [0.05, 0.1) is 15.4 Å². The molecule has 2 unspecified atom stereocenters. The van der Waals surface area contributed by atoms with Gasteiger partial charge in [-0.25, -0.2) is 0 Å². The molecule has 0 aromatic heterocycles. The number of Topliss-reactive ketones (excluding diaryl/α,β-unsaturated/α-hetero) is 1. The molecule has 148 valence electrons. The van der Waals surface area contributed by atoms with E-state index < -0.39 is 4.92 Å². The zero-order valence-corrected chi connectivity index (χ0v) is 18.1. The molecule has 2 aliphatic carbocycles. The molecule has 4 nitrogen and oxygen atoms in total. The van der Waals surface area contributed by atoms with Gasteiger partial charge < -0.3 is 0 Å². The molecule has 0 heterocycles. The van der Waals surface area contributed by atoms with Crippen LogP contribution in [0.3, 0.4) is 0 Å². The Morgan fingerprint density at radius 3 is 2.69 bits per heavy atom. The molecular weight excluding hydrogens is 426 g/mol. The largest absolute Gasteiger partial charge is 0.294 e. The molecule has 2 atom stereocenters. The molecule has 1 saturated carbocycles. The van der Waals surface area contributed by atoms with E-state index in [1.165, 1.54) is 17.8 Å². The Labute approximate surface area is 183 Å². The molecule has 0 saturated heterocycles. The number of ketones is 1.